The molecule has 17 heavy (non-hydrogen) atoms. The third kappa shape index (κ3) is 4.73. The van der Waals surface area contributed by atoms with E-state index in [1.54, 1.807) is 0 Å². The number of hydrogen-bond donors (Lipinski definition) is 2. The summed E-state index contributed by atoms with van der Waals surface area (Å²) in [5.41, 5.74) is 1.25. The Kier molecular flexibility index (Phi) is 5.98. The lowest BCUT2D eigenvalue weighted by atomic mass is 10.1. The van der Waals surface area contributed by atoms with Gasteiger partial charge in [-0.15, -0.1) is 0 Å². The van der Waals surface area contributed by atoms with Crippen molar-refractivity contribution in [3.8, 4) is 0 Å². The second-order valence-corrected chi connectivity index (χ2v) is 4.67. The average molecular weight is 250 g/mol. The van der Waals surface area contributed by atoms with E-state index < -0.39 is 0 Å². The third-order valence-corrected chi connectivity index (χ3v) is 3.20. The summed E-state index contributed by atoms with van der Waals surface area (Å²) in [4.78, 5) is 0. The minimum atomic E-state index is 0.241. The topological polar surface area (TPSA) is 24.1 Å². The lowest BCUT2D eigenvalue weighted by Crippen LogP contribution is -2.42. The summed E-state index contributed by atoms with van der Waals surface area (Å²) in [6, 6.07) is 11.0. The van der Waals surface area contributed by atoms with Crippen molar-refractivity contribution < 1.29 is 0 Å². The van der Waals surface area contributed by atoms with Crippen molar-refractivity contribution in [2.45, 2.75) is 45.7 Å². The molecule has 0 radical (unpaired) electrons. The fourth-order valence-corrected chi connectivity index (χ4v) is 2.08. The summed E-state index contributed by atoms with van der Waals surface area (Å²) in [5, 5.41) is 7.40. The molecular formula is C14H22N2S. The summed E-state index contributed by atoms with van der Waals surface area (Å²) in [6.45, 7) is 6.46. The van der Waals surface area contributed by atoms with Crippen molar-refractivity contribution in [3.05, 3.63) is 35.9 Å². The molecular weight excluding hydrogens is 228 g/mol. The molecule has 0 aliphatic carbocycles. The molecule has 1 atom stereocenters. The molecule has 2 nitrogen and oxygen atoms in total. The van der Waals surface area contributed by atoms with E-state index in [0.717, 1.165) is 18.0 Å². The van der Waals surface area contributed by atoms with Gasteiger partial charge in [-0.1, -0.05) is 44.2 Å². The Morgan fingerprint density at radius 2 is 1.71 bits per heavy atom. The molecule has 1 aromatic carbocycles. The molecule has 0 spiro atoms. The van der Waals surface area contributed by atoms with E-state index in [2.05, 4.69) is 43.5 Å². The van der Waals surface area contributed by atoms with Crippen molar-refractivity contribution >= 4 is 17.3 Å². The number of hydrogen-bond acceptors (Lipinski definition) is 1. The molecule has 1 rings (SSSR count). The molecule has 0 aliphatic heterocycles. The van der Waals surface area contributed by atoms with Crippen LogP contribution in [0.4, 0.5) is 0 Å². The second-order valence-electron chi connectivity index (χ2n) is 4.26. The van der Waals surface area contributed by atoms with E-state index in [1.165, 1.54) is 5.56 Å². The molecule has 0 heterocycles. The van der Waals surface area contributed by atoms with Gasteiger partial charge in [0, 0.05) is 6.04 Å². The molecule has 2 N–H and O–H groups in total. The van der Waals surface area contributed by atoms with Crippen LogP contribution in [0, 0.1) is 0 Å². The summed E-state index contributed by atoms with van der Waals surface area (Å²) in [6.07, 6.45) is 2.19. The third-order valence-electron chi connectivity index (χ3n) is 2.97. The van der Waals surface area contributed by atoms with Crippen molar-refractivity contribution in [1.82, 2.24) is 10.6 Å². The highest BCUT2D eigenvalue weighted by atomic mass is 32.1. The van der Waals surface area contributed by atoms with Crippen molar-refractivity contribution in [2.24, 2.45) is 0 Å². The van der Waals surface area contributed by atoms with Gasteiger partial charge in [0.2, 0.25) is 0 Å². The molecule has 0 bridgehead atoms. The van der Waals surface area contributed by atoms with Gasteiger partial charge in [-0.3, -0.25) is 0 Å². The Hall–Kier alpha value is -1.09. The maximum absolute atomic E-state index is 5.32. The summed E-state index contributed by atoms with van der Waals surface area (Å²) in [5.74, 6) is 0. The SMILES string of the molecule is CCC(CC)NC(=S)NC(C)c1ccccc1. The molecule has 94 valence electrons. The highest BCUT2D eigenvalue weighted by Crippen LogP contribution is 2.10. The van der Waals surface area contributed by atoms with Gasteiger partial charge in [-0.2, -0.15) is 0 Å². The number of benzene rings is 1. The Morgan fingerprint density at radius 1 is 1.12 bits per heavy atom. The highest BCUT2D eigenvalue weighted by Gasteiger charge is 2.08. The molecule has 0 aromatic heterocycles. The molecule has 1 unspecified atom stereocenters. The summed E-state index contributed by atoms with van der Waals surface area (Å²) < 4.78 is 0. The fourth-order valence-electron chi connectivity index (χ4n) is 1.74. The van der Waals surface area contributed by atoms with E-state index in [4.69, 9.17) is 12.2 Å². The van der Waals surface area contributed by atoms with E-state index in [0.29, 0.717) is 6.04 Å². The largest absolute Gasteiger partial charge is 0.360 e. The Morgan fingerprint density at radius 3 is 2.24 bits per heavy atom. The lowest BCUT2D eigenvalue weighted by molar-refractivity contribution is 0.557. The molecule has 0 saturated carbocycles. The zero-order valence-corrected chi connectivity index (χ0v) is 11.7. The fraction of sp³-hybridized carbons (Fsp3) is 0.500. The summed E-state index contributed by atoms with van der Waals surface area (Å²) in [7, 11) is 0. The first-order valence-electron chi connectivity index (χ1n) is 6.29. The van der Waals surface area contributed by atoms with Crippen LogP contribution in [0.1, 0.15) is 45.2 Å². The van der Waals surface area contributed by atoms with E-state index in [-0.39, 0.29) is 6.04 Å². The van der Waals surface area contributed by atoms with Crippen molar-refractivity contribution in [3.63, 3.8) is 0 Å². The van der Waals surface area contributed by atoms with Crippen LogP contribution >= 0.6 is 12.2 Å². The smallest absolute Gasteiger partial charge is 0.166 e. The van der Waals surface area contributed by atoms with Crippen LogP contribution in [-0.4, -0.2) is 11.2 Å². The highest BCUT2D eigenvalue weighted by molar-refractivity contribution is 7.80. The lowest BCUT2D eigenvalue weighted by Gasteiger charge is -2.21. The van der Waals surface area contributed by atoms with E-state index in [1.807, 2.05) is 18.2 Å². The molecule has 0 saturated heterocycles. The van der Waals surface area contributed by atoms with Crippen molar-refractivity contribution in [2.75, 3.05) is 0 Å². The van der Waals surface area contributed by atoms with Crippen LogP contribution in [0.2, 0.25) is 0 Å². The molecule has 3 heteroatoms. The van der Waals surface area contributed by atoms with Crippen LogP contribution in [0.15, 0.2) is 30.3 Å². The van der Waals surface area contributed by atoms with Gasteiger partial charge in [0.25, 0.3) is 0 Å². The molecule has 0 fully saturated rings. The Bertz CT molecular complexity index is 333. The van der Waals surface area contributed by atoms with E-state index in [9.17, 15) is 0 Å². The number of thiocarbonyl (C=S) groups is 1. The minimum absolute atomic E-state index is 0.241. The first-order chi connectivity index (χ1) is 8.17. The van der Waals surface area contributed by atoms with Gasteiger partial charge < -0.3 is 10.6 Å². The Balaban J connectivity index is 2.46. The second kappa shape index (κ2) is 7.28. The molecule has 0 amide bonds. The quantitative estimate of drug-likeness (QED) is 0.783. The normalized spacial score (nSPS) is 12.2. The molecule has 0 aliphatic rings. The maximum Gasteiger partial charge on any atom is 0.166 e. The van der Waals surface area contributed by atoms with Gasteiger partial charge in [0.05, 0.1) is 6.04 Å². The van der Waals surface area contributed by atoms with Crippen LogP contribution in [0.3, 0.4) is 0 Å². The van der Waals surface area contributed by atoms with Gasteiger partial charge in [0.1, 0.15) is 0 Å². The average Bonchev–Trinajstić information content (AvgIpc) is 2.37. The van der Waals surface area contributed by atoms with Gasteiger partial charge in [0.15, 0.2) is 5.11 Å². The molecule has 1 aromatic rings. The zero-order valence-electron chi connectivity index (χ0n) is 10.9. The predicted octanol–water partition coefficient (Wildman–Crippen LogP) is 3.40. The predicted molar refractivity (Wildman–Crippen MR) is 78.1 cm³/mol. The maximum atomic E-state index is 5.32. The standard InChI is InChI=1S/C14H22N2S/c1-4-13(5-2)16-14(17)15-11(3)12-9-7-6-8-10-12/h6-11,13H,4-5H2,1-3H3,(H2,15,16,17). The first-order valence-corrected chi connectivity index (χ1v) is 6.70. The first kappa shape index (κ1) is 14.0. The van der Waals surface area contributed by atoms with Gasteiger partial charge in [-0.05, 0) is 37.5 Å². The van der Waals surface area contributed by atoms with Gasteiger partial charge >= 0.3 is 0 Å². The van der Waals surface area contributed by atoms with E-state index >= 15 is 0 Å². The van der Waals surface area contributed by atoms with Crippen molar-refractivity contribution in [1.29, 1.82) is 0 Å². The van der Waals surface area contributed by atoms with Crippen LogP contribution in [0.5, 0.6) is 0 Å². The number of rotatable bonds is 5. The summed E-state index contributed by atoms with van der Waals surface area (Å²) >= 11 is 5.32. The Labute approximate surface area is 110 Å². The van der Waals surface area contributed by atoms with Crippen LogP contribution < -0.4 is 10.6 Å². The number of nitrogens with one attached hydrogen (secondary N) is 2. The van der Waals surface area contributed by atoms with Crippen LogP contribution in [-0.2, 0) is 0 Å². The minimum Gasteiger partial charge on any atom is -0.360 e. The van der Waals surface area contributed by atoms with Gasteiger partial charge in [-0.25, -0.2) is 0 Å². The van der Waals surface area contributed by atoms with Crippen LogP contribution in [0.25, 0.3) is 0 Å². The zero-order chi connectivity index (χ0) is 12.7. The monoisotopic (exact) mass is 250 g/mol.